The number of rotatable bonds is 7. The second kappa shape index (κ2) is 9.93. The number of esters is 2. The molecule has 0 radical (unpaired) electrons. The number of nitrogens with one attached hydrogen (secondary N) is 2. The van der Waals surface area contributed by atoms with Crippen LogP contribution in [0.1, 0.15) is 54.2 Å². The number of urea groups is 1. The maximum Gasteiger partial charge on any atom is 0.338 e. The molecule has 0 bridgehead atoms. The van der Waals surface area contributed by atoms with Crippen molar-refractivity contribution in [1.82, 2.24) is 10.6 Å². The highest BCUT2D eigenvalue weighted by Gasteiger charge is 2.34. The summed E-state index contributed by atoms with van der Waals surface area (Å²) in [6.07, 6.45) is 0. The molecule has 7 nitrogen and oxygen atoms in total. The normalized spacial score (nSPS) is 15.9. The van der Waals surface area contributed by atoms with E-state index in [-0.39, 0.29) is 24.5 Å². The lowest BCUT2D eigenvalue weighted by Crippen LogP contribution is -2.47. The summed E-state index contributed by atoms with van der Waals surface area (Å²) in [7, 11) is 0. The van der Waals surface area contributed by atoms with Crippen LogP contribution in [0.2, 0.25) is 0 Å². The van der Waals surface area contributed by atoms with Gasteiger partial charge in [0.1, 0.15) is 6.61 Å². The van der Waals surface area contributed by atoms with Crippen LogP contribution in [0.5, 0.6) is 0 Å². The fraction of sp³-hybridized carbons (Fsp3) is 0.292. The van der Waals surface area contributed by atoms with Crippen molar-refractivity contribution in [3.8, 4) is 0 Å². The maximum absolute atomic E-state index is 12.7. The van der Waals surface area contributed by atoms with Crippen molar-refractivity contribution in [3.63, 3.8) is 0 Å². The van der Waals surface area contributed by atoms with Gasteiger partial charge in [-0.3, -0.25) is 0 Å². The Labute approximate surface area is 181 Å². The Bertz CT molecular complexity index is 981. The zero-order valence-corrected chi connectivity index (χ0v) is 17.8. The van der Waals surface area contributed by atoms with Gasteiger partial charge in [-0.1, -0.05) is 56.3 Å². The highest BCUT2D eigenvalue weighted by atomic mass is 16.5. The van der Waals surface area contributed by atoms with E-state index in [1.807, 2.05) is 30.3 Å². The topological polar surface area (TPSA) is 93.7 Å². The minimum atomic E-state index is -0.715. The van der Waals surface area contributed by atoms with Crippen molar-refractivity contribution in [1.29, 1.82) is 0 Å². The van der Waals surface area contributed by atoms with Crippen LogP contribution in [-0.4, -0.2) is 31.2 Å². The van der Waals surface area contributed by atoms with Crippen LogP contribution in [0.4, 0.5) is 4.79 Å². The van der Waals surface area contributed by atoms with E-state index < -0.39 is 24.0 Å². The Hall–Kier alpha value is -3.61. The van der Waals surface area contributed by atoms with Crippen molar-refractivity contribution in [2.24, 2.45) is 0 Å². The van der Waals surface area contributed by atoms with Gasteiger partial charge in [0, 0.05) is 0 Å². The van der Waals surface area contributed by atoms with Gasteiger partial charge in [0.2, 0.25) is 0 Å². The number of hydrogen-bond acceptors (Lipinski definition) is 5. The molecule has 7 heteroatoms. The third kappa shape index (κ3) is 5.31. The first-order valence-electron chi connectivity index (χ1n) is 10.2. The molecule has 0 saturated heterocycles. The average molecular weight is 422 g/mol. The number of amides is 2. The Morgan fingerprint density at radius 3 is 2.26 bits per heavy atom. The molecular weight excluding hydrogens is 396 g/mol. The molecule has 0 unspecified atom stereocenters. The number of carbonyl (C=O) groups is 3. The third-order valence-electron chi connectivity index (χ3n) is 4.94. The molecule has 162 valence electrons. The van der Waals surface area contributed by atoms with Gasteiger partial charge in [0.15, 0.2) is 0 Å². The molecule has 1 heterocycles. The second-order valence-electron chi connectivity index (χ2n) is 7.41. The highest BCUT2D eigenvalue weighted by Crippen LogP contribution is 2.28. The van der Waals surface area contributed by atoms with E-state index in [2.05, 4.69) is 24.5 Å². The van der Waals surface area contributed by atoms with E-state index in [4.69, 9.17) is 9.47 Å². The molecule has 2 amide bonds. The Morgan fingerprint density at radius 2 is 1.65 bits per heavy atom. The Balaban J connectivity index is 1.86. The number of carbonyl (C=O) groups excluding carboxylic acids is 3. The van der Waals surface area contributed by atoms with E-state index in [9.17, 15) is 14.4 Å². The van der Waals surface area contributed by atoms with E-state index in [0.29, 0.717) is 17.0 Å². The van der Waals surface area contributed by atoms with Crippen molar-refractivity contribution < 1.29 is 23.9 Å². The largest absolute Gasteiger partial charge is 0.463 e. The molecule has 1 aliphatic heterocycles. The molecule has 0 aliphatic carbocycles. The van der Waals surface area contributed by atoms with Crippen molar-refractivity contribution in [2.75, 3.05) is 13.2 Å². The smallest absolute Gasteiger partial charge is 0.338 e. The molecule has 0 fully saturated rings. The van der Waals surface area contributed by atoms with Gasteiger partial charge in [-0.05, 0) is 36.1 Å². The number of hydrogen-bond donors (Lipinski definition) is 2. The summed E-state index contributed by atoms with van der Waals surface area (Å²) in [5.74, 6) is -0.784. The Morgan fingerprint density at radius 1 is 0.968 bits per heavy atom. The molecule has 3 rings (SSSR count). The zero-order chi connectivity index (χ0) is 22.4. The predicted octanol–water partition coefficient (Wildman–Crippen LogP) is 3.84. The van der Waals surface area contributed by atoms with Gasteiger partial charge >= 0.3 is 18.0 Å². The summed E-state index contributed by atoms with van der Waals surface area (Å²) in [5, 5.41) is 5.33. The molecule has 31 heavy (non-hydrogen) atoms. The van der Waals surface area contributed by atoms with Crippen LogP contribution >= 0.6 is 0 Å². The third-order valence-corrected chi connectivity index (χ3v) is 4.94. The number of benzene rings is 2. The SMILES string of the molecule is CCOC(=O)C1=C(COC(=O)c2ccc(C(C)C)cc2)NC(=O)N[C@@H]1c1ccccc1. The van der Waals surface area contributed by atoms with Crippen LogP contribution in [-0.2, 0) is 14.3 Å². The quantitative estimate of drug-likeness (QED) is 0.662. The predicted molar refractivity (Wildman–Crippen MR) is 115 cm³/mol. The maximum atomic E-state index is 12.7. The molecule has 2 aromatic rings. The van der Waals surface area contributed by atoms with Gasteiger partial charge in [-0.2, -0.15) is 0 Å². The minimum Gasteiger partial charge on any atom is -0.463 e. The van der Waals surface area contributed by atoms with Crippen LogP contribution in [0, 0.1) is 0 Å². The molecule has 2 N–H and O–H groups in total. The van der Waals surface area contributed by atoms with E-state index in [1.54, 1.807) is 31.2 Å². The first-order chi connectivity index (χ1) is 14.9. The molecule has 1 atom stereocenters. The van der Waals surface area contributed by atoms with E-state index >= 15 is 0 Å². The van der Waals surface area contributed by atoms with Gasteiger partial charge < -0.3 is 20.1 Å². The molecular formula is C24H26N2O5. The van der Waals surface area contributed by atoms with Crippen LogP contribution in [0.15, 0.2) is 65.9 Å². The fourth-order valence-electron chi connectivity index (χ4n) is 3.30. The van der Waals surface area contributed by atoms with Crippen LogP contribution in [0.3, 0.4) is 0 Å². The fourth-order valence-corrected chi connectivity index (χ4v) is 3.30. The van der Waals surface area contributed by atoms with E-state index in [0.717, 1.165) is 5.56 Å². The first-order valence-corrected chi connectivity index (χ1v) is 10.2. The lowest BCUT2D eigenvalue weighted by Gasteiger charge is -2.29. The van der Waals surface area contributed by atoms with Crippen molar-refractivity contribution in [2.45, 2.75) is 32.7 Å². The molecule has 1 aliphatic rings. The Kier molecular flexibility index (Phi) is 7.07. The van der Waals surface area contributed by atoms with E-state index in [1.165, 1.54) is 0 Å². The summed E-state index contributed by atoms with van der Waals surface area (Å²) in [5.41, 5.74) is 2.62. The van der Waals surface area contributed by atoms with Gasteiger partial charge in [-0.15, -0.1) is 0 Å². The second-order valence-corrected chi connectivity index (χ2v) is 7.41. The highest BCUT2D eigenvalue weighted by molar-refractivity contribution is 5.95. The molecule has 0 aromatic heterocycles. The monoisotopic (exact) mass is 422 g/mol. The summed E-state index contributed by atoms with van der Waals surface area (Å²) >= 11 is 0. The first kappa shape index (κ1) is 22.1. The van der Waals surface area contributed by atoms with Gasteiger partial charge in [-0.25, -0.2) is 14.4 Å². The zero-order valence-electron chi connectivity index (χ0n) is 17.8. The summed E-state index contributed by atoms with van der Waals surface area (Å²) in [4.78, 5) is 37.5. The lowest BCUT2D eigenvalue weighted by molar-refractivity contribution is -0.139. The molecule has 0 saturated carbocycles. The number of ether oxygens (including phenoxy) is 2. The standard InChI is InChI=1S/C24H26N2O5/c1-4-30-23(28)20-19(25-24(29)26-21(20)17-8-6-5-7-9-17)14-31-22(27)18-12-10-16(11-13-18)15(2)3/h5-13,15,21H,4,14H2,1-3H3,(H2,25,26,29)/t21-/m1/s1. The van der Waals surface area contributed by atoms with Gasteiger partial charge in [0.05, 0.1) is 29.5 Å². The van der Waals surface area contributed by atoms with Crippen LogP contribution in [0.25, 0.3) is 0 Å². The molecule has 0 spiro atoms. The lowest BCUT2D eigenvalue weighted by atomic mass is 9.95. The summed E-state index contributed by atoms with van der Waals surface area (Å²) in [6, 6.07) is 15.0. The summed E-state index contributed by atoms with van der Waals surface area (Å²) < 4.78 is 10.6. The van der Waals surface area contributed by atoms with Gasteiger partial charge in [0.25, 0.3) is 0 Å². The average Bonchev–Trinajstić information content (AvgIpc) is 2.77. The van der Waals surface area contributed by atoms with Crippen molar-refractivity contribution >= 4 is 18.0 Å². The summed E-state index contributed by atoms with van der Waals surface area (Å²) in [6.45, 7) is 5.74. The van der Waals surface area contributed by atoms with Crippen LogP contribution < -0.4 is 10.6 Å². The molecule has 2 aromatic carbocycles. The van der Waals surface area contributed by atoms with Crippen molar-refractivity contribution in [3.05, 3.63) is 82.6 Å². The minimum absolute atomic E-state index is 0.174.